The van der Waals surface area contributed by atoms with Gasteiger partial charge < -0.3 is 9.30 Å². The Balaban J connectivity index is 3.17. The van der Waals surface area contributed by atoms with Crippen LogP contribution < -0.4 is 0 Å². The highest BCUT2D eigenvalue weighted by molar-refractivity contribution is 6.77. The molecule has 0 amide bonds. The molecular formula is C10H9Cl3FNO3. The summed E-state index contributed by atoms with van der Waals surface area (Å²) in [6.45, 7) is -0.808. The van der Waals surface area contributed by atoms with E-state index in [9.17, 15) is 14.0 Å². The monoisotopic (exact) mass is 315 g/mol. The number of alkyl halides is 4. The molecule has 0 aliphatic heterocycles. The van der Waals surface area contributed by atoms with Crippen LogP contribution in [0.25, 0.3) is 0 Å². The number of methoxy groups -OCH3 is 1. The number of nitrogens with zero attached hydrogens (tertiary/aromatic N) is 1. The maximum atomic E-state index is 12.3. The number of esters is 1. The number of aryl methyl sites for hydroxylation is 1. The molecule has 0 fully saturated rings. The van der Waals surface area contributed by atoms with Crippen LogP contribution in [0.5, 0.6) is 0 Å². The number of halogens is 4. The first-order valence-corrected chi connectivity index (χ1v) is 5.90. The largest absolute Gasteiger partial charge is 0.464 e. The van der Waals surface area contributed by atoms with Gasteiger partial charge in [0.2, 0.25) is 5.78 Å². The highest BCUT2D eigenvalue weighted by atomic mass is 35.6. The molecule has 0 N–H and O–H groups in total. The number of aromatic nitrogens is 1. The Labute approximate surface area is 118 Å². The van der Waals surface area contributed by atoms with Crippen molar-refractivity contribution in [3.8, 4) is 0 Å². The summed E-state index contributed by atoms with van der Waals surface area (Å²) in [5, 5.41) is 0. The summed E-state index contributed by atoms with van der Waals surface area (Å²) >= 11 is 16.4. The van der Waals surface area contributed by atoms with E-state index in [1.807, 2.05) is 0 Å². The lowest BCUT2D eigenvalue weighted by Crippen LogP contribution is -2.18. The summed E-state index contributed by atoms with van der Waals surface area (Å²) in [5.41, 5.74) is 0.0246. The van der Waals surface area contributed by atoms with E-state index in [0.29, 0.717) is 0 Å². The summed E-state index contributed by atoms with van der Waals surface area (Å²) < 4.78 is 15.9. The van der Waals surface area contributed by atoms with Gasteiger partial charge in [0.05, 0.1) is 13.7 Å². The molecule has 0 atom stereocenters. The van der Waals surface area contributed by atoms with Crippen LogP contribution in [0.15, 0.2) is 12.3 Å². The van der Waals surface area contributed by atoms with Gasteiger partial charge in [-0.1, -0.05) is 34.8 Å². The van der Waals surface area contributed by atoms with Gasteiger partial charge in [-0.3, -0.25) is 4.79 Å². The van der Waals surface area contributed by atoms with Crippen LogP contribution in [-0.2, 0) is 11.3 Å². The van der Waals surface area contributed by atoms with Crippen molar-refractivity contribution >= 4 is 46.6 Å². The van der Waals surface area contributed by atoms with E-state index in [4.69, 9.17) is 34.8 Å². The number of rotatable bonds is 4. The minimum Gasteiger partial charge on any atom is -0.464 e. The number of Topliss-reactive ketones (excluding diaryl/α,β-unsaturated/α-hetero) is 1. The first-order valence-electron chi connectivity index (χ1n) is 4.77. The van der Waals surface area contributed by atoms with Gasteiger partial charge in [-0.2, -0.15) is 0 Å². The normalized spacial score (nSPS) is 11.4. The van der Waals surface area contributed by atoms with E-state index in [1.54, 1.807) is 0 Å². The lowest BCUT2D eigenvalue weighted by molar-refractivity contribution is 0.0588. The van der Waals surface area contributed by atoms with Crippen molar-refractivity contribution < 1.29 is 18.7 Å². The molecule has 4 nitrogen and oxygen atoms in total. The summed E-state index contributed by atoms with van der Waals surface area (Å²) in [6.07, 6.45) is 1.25. The summed E-state index contributed by atoms with van der Waals surface area (Å²) in [4.78, 5) is 23.1. The first-order chi connectivity index (χ1) is 8.31. The highest BCUT2D eigenvalue weighted by Gasteiger charge is 2.33. The quantitative estimate of drug-likeness (QED) is 0.487. The van der Waals surface area contributed by atoms with Gasteiger partial charge in [0.15, 0.2) is 0 Å². The van der Waals surface area contributed by atoms with E-state index in [2.05, 4.69) is 4.74 Å². The molecule has 0 aliphatic carbocycles. The number of hydrogen-bond donors (Lipinski definition) is 0. The van der Waals surface area contributed by atoms with Gasteiger partial charge in [0.25, 0.3) is 3.79 Å². The second kappa shape index (κ2) is 5.91. The Morgan fingerprint density at radius 3 is 2.50 bits per heavy atom. The van der Waals surface area contributed by atoms with Crippen molar-refractivity contribution in [2.45, 2.75) is 10.3 Å². The van der Waals surface area contributed by atoms with Gasteiger partial charge in [0.1, 0.15) is 12.4 Å². The zero-order chi connectivity index (χ0) is 13.9. The van der Waals surface area contributed by atoms with Gasteiger partial charge in [0, 0.05) is 11.8 Å². The lowest BCUT2D eigenvalue weighted by Gasteiger charge is -2.06. The fraction of sp³-hybridized carbons (Fsp3) is 0.400. The van der Waals surface area contributed by atoms with E-state index in [0.717, 1.165) is 0 Å². The lowest BCUT2D eigenvalue weighted by atomic mass is 10.2. The minimum atomic E-state index is -2.13. The predicted molar refractivity (Wildman–Crippen MR) is 66.4 cm³/mol. The third-order valence-corrected chi connectivity index (χ3v) is 2.65. The molecule has 0 saturated heterocycles. The fourth-order valence-corrected chi connectivity index (χ4v) is 1.68. The second-order valence-corrected chi connectivity index (χ2v) is 5.60. The van der Waals surface area contributed by atoms with Crippen molar-refractivity contribution in [3.63, 3.8) is 0 Å². The third-order valence-electron chi connectivity index (χ3n) is 2.14. The maximum Gasteiger partial charge on any atom is 0.354 e. The third kappa shape index (κ3) is 3.37. The van der Waals surface area contributed by atoms with Crippen LogP contribution >= 0.6 is 34.8 Å². The Bertz CT molecular complexity index is 467. The van der Waals surface area contributed by atoms with E-state index in [1.165, 1.54) is 23.9 Å². The molecule has 0 aromatic carbocycles. The fourth-order valence-electron chi connectivity index (χ4n) is 1.35. The SMILES string of the molecule is COC(=O)c1cc(C(=O)C(Cl)(Cl)Cl)cn1CCF. The number of ketones is 1. The van der Waals surface area contributed by atoms with Crippen molar-refractivity contribution in [1.29, 1.82) is 0 Å². The second-order valence-electron chi connectivity index (χ2n) is 3.31. The molecule has 0 saturated carbocycles. The number of ether oxygens (including phenoxy) is 1. The molecule has 0 aliphatic rings. The molecule has 0 radical (unpaired) electrons. The van der Waals surface area contributed by atoms with Crippen molar-refractivity contribution in [2.75, 3.05) is 13.8 Å². The molecule has 0 bridgehead atoms. The Morgan fingerprint density at radius 2 is 2.06 bits per heavy atom. The average molecular weight is 317 g/mol. The Kier molecular flexibility index (Phi) is 5.01. The van der Waals surface area contributed by atoms with Crippen LogP contribution in [0.1, 0.15) is 20.8 Å². The van der Waals surface area contributed by atoms with Gasteiger partial charge in [-0.15, -0.1) is 0 Å². The first kappa shape index (κ1) is 15.3. The molecule has 18 heavy (non-hydrogen) atoms. The van der Waals surface area contributed by atoms with Crippen molar-refractivity contribution in [3.05, 3.63) is 23.5 Å². The van der Waals surface area contributed by atoms with Crippen LogP contribution in [0.3, 0.4) is 0 Å². The molecular weight excluding hydrogens is 307 g/mol. The predicted octanol–water partition coefficient (Wildman–Crippen LogP) is 2.80. The van der Waals surface area contributed by atoms with Gasteiger partial charge in [-0.25, -0.2) is 9.18 Å². The van der Waals surface area contributed by atoms with Crippen LogP contribution in [0, 0.1) is 0 Å². The zero-order valence-electron chi connectivity index (χ0n) is 9.25. The van der Waals surface area contributed by atoms with Crippen molar-refractivity contribution in [2.24, 2.45) is 0 Å². The summed E-state index contributed by atoms with van der Waals surface area (Å²) in [5.74, 6) is -1.50. The van der Waals surface area contributed by atoms with Crippen LogP contribution in [0.4, 0.5) is 4.39 Å². The standard InChI is InChI=1S/C10H9Cl3FNO3/c1-18-9(17)7-4-6(5-15(7)3-2-14)8(16)10(11,12)13/h4-5H,2-3H2,1H3. The van der Waals surface area contributed by atoms with Gasteiger partial charge in [-0.05, 0) is 6.07 Å². The topological polar surface area (TPSA) is 48.3 Å². The molecule has 0 unspecified atom stereocenters. The molecule has 1 heterocycles. The van der Waals surface area contributed by atoms with Crippen LogP contribution in [0.2, 0.25) is 0 Å². The smallest absolute Gasteiger partial charge is 0.354 e. The Morgan fingerprint density at radius 1 is 1.44 bits per heavy atom. The average Bonchev–Trinajstić information content (AvgIpc) is 2.70. The maximum absolute atomic E-state index is 12.3. The molecule has 100 valence electrons. The molecule has 0 spiro atoms. The molecule has 1 aromatic heterocycles. The Hall–Kier alpha value is -0.780. The van der Waals surface area contributed by atoms with E-state index < -0.39 is 22.2 Å². The molecule has 1 aromatic rings. The summed E-state index contributed by atoms with van der Waals surface area (Å²) in [6, 6.07) is 1.20. The van der Waals surface area contributed by atoms with Crippen LogP contribution in [-0.4, -0.2) is 33.9 Å². The zero-order valence-corrected chi connectivity index (χ0v) is 11.5. The number of hydrogen-bond acceptors (Lipinski definition) is 3. The van der Waals surface area contributed by atoms with E-state index in [-0.39, 0.29) is 17.8 Å². The summed E-state index contributed by atoms with van der Waals surface area (Å²) in [7, 11) is 1.17. The minimum absolute atomic E-state index is 0.00356. The van der Waals surface area contributed by atoms with Crippen molar-refractivity contribution in [1.82, 2.24) is 4.57 Å². The molecule has 8 heteroatoms. The number of carbonyl (C=O) groups excluding carboxylic acids is 2. The number of carbonyl (C=O) groups is 2. The van der Waals surface area contributed by atoms with E-state index >= 15 is 0 Å². The highest BCUT2D eigenvalue weighted by Crippen LogP contribution is 2.31. The molecule has 1 rings (SSSR count). The van der Waals surface area contributed by atoms with Gasteiger partial charge >= 0.3 is 5.97 Å².